The number of amides is 1. The van der Waals surface area contributed by atoms with Crippen molar-refractivity contribution in [3.8, 4) is 5.75 Å². The topological polar surface area (TPSA) is 106 Å². The number of likely N-dealkylation sites (N-methyl/N-ethyl adjacent to an activating group) is 1. The van der Waals surface area contributed by atoms with Crippen molar-refractivity contribution in [3.05, 3.63) is 89.4 Å². The van der Waals surface area contributed by atoms with Crippen LogP contribution >= 0.6 is 0 Å². The smallest absolute Gasteiger partial charge is 0.247 e. The zero-order chi connectivity index (χ0) is 35.5. The lowest BCUT2D eigenvalue weighted by atomic mass is 9.90. The standard InChI is InChI=1S/C38H53FN6O5/c1-5-48-36(49-6-2)27-45(37(46)38(3,40)33-16-15-32(23-34(33)39)50-28-29-11-8-7-9-12-29)24-30-13-10-14-35(41-30)44-25-31(26-44)42(4)17-18-43-19-21-47-22-20-43/h7-16,23,31,36H,5-6,17-22,24-28,40H2,1-4H3/t38-/m0/s1. The number of aromatic nitrogens is 1. The van der Waals surface area contributed by atoms with Crippen LogP contribution in [0.3, 0.4) is 0 Å². The highest BCUT2D eigenvalue weighted by Gasteiger charge is 2.38. The summed E-state index contributed by atoms with van der Waals surface area (Å²) in [6, 6.07) is 20.3. The van der Waals surface area contributed by atoms with Gasteiger partial charge in [0.15, 0.2) is 6.29 Å². The van der Waals surface area contributed by atoms with E-state index in [2.05, 4.69) is 21.7 Å². The number of carbonyl (C=O) groups is 1. The molecule has 0 saturated carbocycles. The Labute approximate surface area is 296 Å². The number of ether oxygens (including phenoxy) is 4. The summed E-state index contributed by atoms with van der Waals surface area (Å²) in [5.41, 5.74) is 6.72. The highest BCUT2D eigenvalue weighted by molar-refractivity contribution is 5.87. The van der Waals surface area contributed by atoms with Gasteiger partial charge in [-0.1, -0.05) is 42.5 Å². The summed E-state index contributed by atoms with van der Waals surface area (Å²) in [4.78, 5) is 27.9. The van der Waals surface area contributed by atoms with Gasteiger partial charge in [-0.25, -0.2) is 9.37 Å². The number of morpholine rings is 1. The Hall–Kier alpha value is -3.65. The maximum Gasteiger partial charge on any atom is 0.247 e. The van der Waals surface area contributed by atoms with Gasteiger partial charge in [-0.05, 0) is 51.6 Å². The Morgan fingerprint density at radius 1 is 1.06 bits per heavy atom. The Kier molecular flexibility index (Phi) is 13.6. The molecule has 0 spiro atoms. The fraction of sp³-hybridized carbons (Fsp3) is 0.526. The lowest BCUT2D eigenvalue weighted by Crippen LogP contribution is -2.59. The summed E-state index contributed by atoms with van der Waals surface area (Å²) in [7, 11) is 2.18. The van der Waals surface area contributed by atoms with Crippen molar-refractivity contribution in [2.75, 3.05) is 84.2 Å². The third-order valence-corrected chi connectivity index (χ3v) is 9.38. The molecule has 0 unspecified atom stereocenters. The number of nitrogens with zero attached hydrogens (tertiary/aromatic N) is 5. The molecule has 1 atom stereocenters. The molecule has 2 saturated heterocycles. The maximum atomic E-state index is 15.6. The molecule has 2 aromatic carbocycles. The van der Waals surface area contributed by atoms with E-state index in [1.165, 1.54) is 19.1 Å². The van der Waals surface area contributed by atoms with Crippen molar-refractivity contribution in [2.45, 2.75) is 51.8 Å². The first-order valence-corrected chi connectivity index (χ1v) is 17.7. The van der Waals surface area contributed by atoms with Crippen LogP contribution in [0.4, 0.5) is 10.2 Å². The highest BCUT2D eigenvalue weighted by atomic mass is 19.1. The van der Waals surface area contributed by atoms with Crippen LogP contribution in [0.2, 0.25) is 0 Å². The Morgan fingerprint density at radius 2 is 1.78 bits per heavy atom. The van der Waals surface area contributed by atoms with Crippen LogP contribution in [0.1, 0.15) is 37.6 Å². The number of nitrogens with two attached hydrogens (primary N) is 1. The molecule has 272 valence electrons. The molecular weight excluding hydrogens is 639 g/mol. The van der Waals surface area contributed by atoms with Crippen LogP contribution in [-0.2, 0) is 37.7 Å². The lowest BCUT2D eigenvalue weighted by Gasteiger charge is -2.45. The second kappa shape index (κ2) is 18.0. The number of hydrogen-bond acceptors (Lipinski definition) is 10. The van der Waals surface area contributed by atoms with Crippen molar-refractivity contribution in [2.24, 2.45) is 5.73 Å². The van der Waals surface area contributed by atoms with Gasteiger partial charge in [0.1, 0.15) is 29.5 Å². The van der Waals surface area contributed by atoms with E-state index in [-0.39, 0.29) is 25.3 Å². The van der Waals surface area contributed by atoms with Gasteiger partial charge in [-0.3, -0.25) is 14.6 Å². The highest BCUT2D eigenvalue weighted by Crippen LogP contribution is 2.29. The summed E-state index contributed by atoms with van der Waals surface area (Å²) in [6.07, 6.45) is -0.685. The molecule has 0 aliphatic carbocycles. The molecule has 2 N–H and O–H groups in total. The van der Waals surface area contributed by atoms with Crippen LogP contribution < -0.4 is 15.4 Å². The number of hydrogen-bond donors (Lipinski definition) is 1. The van der Waals surface area contributed by atoms with Crippen LogP contribution in [0, 0.1) is 5.82 Å². The predicted octanol–water partition coefficient (Wildman–Crippen LogP) is 3.85. The lowest BCUT2D eigenvalue weighted by molar-refractivity contribution is -0.163. The molecule has 2 aliphatic rings. The molecule has 0 bridgehead atoms. The number of carbonyl (C=O) groups excluding carboxylic acids is 1. The number of benzene rings is 2. The molecule has 2 aliphatic heterocycles. The van der Waals surface area contributed by atoms with E-state index in [4.69, 9.17) is 29.7 Å². The molecule has 12 heteroatoms. The summed E-state index contributed by atoms with van der Waals surface area (Å²) in [5, 5.41) is 0. The van der Waals surface area contributed by atoms with E-state index in [0.29, 0.717) is 30.7 Å². The minimum absolute atomic E-state index is 0.0648. The van der Waals surface area contributed by atoms with Gasteiger partial charge in [0.25, 0.3) is 0 Å². The number of anilines is 1. The average molecular weight is 693 g/mol. The zero-order valence-corrected chi connectivity index (χ0v) is 29.9. The quantitative estimate of drug-likeness (QED) is 0.198. The number of halogens is 1. The number of rotatable bonds is 18. The first kappa shape index (κ1) is 37.6. The first-order chi connectivity index (χ1) is 24.2. The Balaban J connectivity index is 1.26. The molecule has 3 aromatic rings. The minimum Gasteiger partial charge on any atom is -0.489 e. The fourth-order valence-electron chi connectivity index (χ4n) is 6.27. The second-order valence-electron chi connectivity index (χ2n) is 13.1. The van der Waals surface area contributed by atoms with Crippen LogP contribution in [0.25, 0.3) is 0 Å². The van der Waals surface area contributed by atoms with Gasteiger partial charge < -0.3 is 34.5 Å². The van der Waals surface area contributed by atoms with Gasteiger partial charge in [0.05, 0.1) is 32.0 Å². The predicted molar refractivity (Wildman–Crippen MR) is 191 cm³/mol. The molecule has 1 amide bonds. The van der Waals surface area contributed by atoms with Crippen LogP contribution in [-0.4, -0.2) is 117 Å². The average Bonchev–Trinajstić information content (AvgIpc) is 3.10. The monoisotopic (exact) mass is 692 g/mol. The Bertz CT molecular complexity index is 1500. The largest absolute Gasteiger partial charge is 0.489 e. The SMILES string of the molecule is CCOC(CN(Cc1cccc(N2CC(N(C)CCN3CCOCC3)C2)n1)C(=O)[C@@](C)(N)c1ccc(OCc2ccccc2)cc1F)OCC. The second-order valence-corrected chi connectivity index (χ2v) is 13.1. The van der Waals surface area contributed by atoms with Gasteiger partial charge in [-0.2, -0.15) is 0 Å². The number of pyridine rings is 1. The molecule has 11 nitrogen and oxygen atoms in total. The van der Waals surface area contributed by atoms with Crippen molar-refractivity contribution in [1.82, 2.24) is 19.7 Å². The summed E-state index contributed by atoms with van der Waals surface area (Å²) < 4.78 is 38.5. The van der Waals surface area contributed by atoms with E-state index in [1.54, 1.807) is 11.0 Å². The van der Waals surface area contributed by atoms with Gasteiger partial charge in [0, 0.05) is 70.2 Å². The normalized spacial score (nSPS) is 16.8. The van der Waals surface area contributed by atoms with Crippen LogP contribution in [0.15, 0.2) is 66.7 Å². The van der Waals surface area contributed by atoms with E-state index in [9.17, 15) is 4.79 Å². The molecule has 50 heavy (non-hydrogen) atoms. The van der Waals surface area contributed by atoms with E-state index in [0.717, 1.165) is 63.9 Å². The molecular formula is C38H53FN6O5. The van der Waals surface area contributed by atoms with Crippen molar-refractivity contribution >= 4 is 11.7 Å². The molecule has 1 aromatic heterocycles. The summed E-state index contributed by atoms with van der Waals surface area (Å²) in [5.74, 6) is 0.103. The third kappa shape index (κ3) is 9.99. The molecule has 2 fully saturated rings. The van der Waals surface area contributed by atoms with E-state index < -0.39 is 23.6 Å². The van der Waals surface area contributed by atoms with E-state index in [1.807, 2.05) is 62.4 Å². The third-order valence-electron chi connectivity index (χ3n) is 9.38. The van der Waals surface area contributed by atoms with Crippen molar-refractivity contribution < 1.29 is 28.1 Å². The maximum absolute atomic E-state index is 15.6. The van der Waals surface area contributed by atoms with Gasteiger partial charge in [0.2, 0.25) is 5.91 Å². The summed E-state index contributed by atoms with van der Waals surface area (Å²) in [6.45, 7) is 14.0. The van der Waals surface area contributed by atoms with Gasteiger partial charge in [-0.15, -0.1) is 0 Å². The molecule has 3 heterocycles. The van der Waals surface area contributed by atoms with Crippen LogP contribution in [0.5, 0.6) is 5.75 Å². The van der Waals surface area contributed by atoms with Crippen molar-refractivity contribution in [1.29, 1.82) is 0 Å². The zero-order valence-electron chi connectivity index (χ0n) is 29.9. The Morgan fingerprint density at radius 3 is 2.46 bits per heavy atom. The van der Waals surface area contributed by atoms with Crippen molar-refractivity contribution in [3.63, 3.8) is 0 Å². The fourth-order valence-corrected chi connectivity index (χ4v) is 6.27. The van der Waals surface area contributed by atoms with Gasteiger partial charge >= 0.3 is 0 Å². The summed E-state index contributed by atoms with van der Waals surface area (Å²) >= 11 is 0. The minimum atomic E-state index is -1.70. The first-order valence-electron chi connectivity index (χ1n) is 17.7. The molecule has 0 radical (unpaired) electrons. The van der Waals surface area contributed by atoms with E-state index >= 15 is 4.39 Å². The molecule has 5 rings (SSSR count).